The Morgan fingerprint density at radius 2 is 1.78 bits per heavy atom. The van der Waals surface area contributed by atoms with Crippen molar-refractivity contribution in [2.45, 2.75) is 19.4 Å². The largest absolute Gasteiger partial charge is 0.372 e. The molecule has 5 rings (SSSR count). The van der Waals surface area contributed by atoms with E-state index in [2.05, 4.69) is 32.8 Å². The van der Waals surface area contributed by atoms with Crippen LogP contribution in [-0.2, 0) is 19.4 Å². The van der Waals surface area contributed by atoms with Crippen LogP contribution in [0.4, 0.5) is 5.95 Å². The maximum absolute atomic E-state index is 13.6. The number of benzene rings is 2. The molecule has 0 saturated carbocycles. The molecule has 4 aromatic rings. The number of thiocarbonyl (C=S) groups is 1. The maximum atomic E-state index is 13.6. The van der Waals surface area contributed by atoms with E-state index in [-0.39, 0.29) is 11.5 Å². The van der Waals surface area contributed by atoms with E-state index in [1.807, 2.05) is 74.4 Å². The van der Waals surface area contributed by atoms with Gasteiger partial charge in [-0.05, 0) is 34.7 Å². The van der Waals surface area contributed by atoms with Crippen molar-refractivity contribution in [3.05, 3.63) is 75.7 Å². The number of H-pyrrole nitrogens is 1. The zero-order valence-corrected chi connectivity index (χ0v) is 21.6. The van der Waals surface area contributed by atoms with Crippen molar-refractivity contribution in [1.29, 1.82) is 0 Å². The highest BCUT2D eigenvalue weighted by Crippen LogP contribution is 2.30. The van der Waals surface area contributed by atoms with E-state index in [0.29, 0.717) is 31.2 Å². The molecule has 2 aromatic heterocycles. The van der Waals surface area contributed by atoms with Crippen molar-refractivity contribution in [2.24, 2.45) is 5.92 Å². The van der Waals surface area contributed by atoms with Crippen LogP contribution in [0.25, 0.3) is 22.5 Å². The van der Waals surface area contributed by atoms with Gasteiger partial charge in [0, 0.05) is 45.2 Å². The standard InChI is InChI=1S/C26H28N8OS/c1-32(2)25(36)18-13-21-22(14-18)27-26(33(3)4)34(24(21)35)15-16-9-11-17(12-10-16)19-7-5-6-8-20(19)23-28-30-31-29-23/h5-12,18H,13-15H2,1-4H3,(H,28,29,30,31). The molecule has 0 saturated heterocycles. The molecule has 2 aromatic carbocycles. The molecule has 9 nitrogen and oxygen atoms in total. The van der Waals surface area contributed by atoms with Gasteiger partial charge >= 0.3 is 0 Å². The number of aromatic amines is 1. The van der Waals surface area contributed by atoms with Gasteiger partial charge in [-0.15, -0.1) is 10.2 Å². The molecule has 0 bridgehead atoms. The van der Waals surface area contributed by atoms with Gasteiger partial charge in [0.1, 0.15) is 0 Å². The third kappa shape index (κ3) is 4.39. The van der Waals surface area contributed by atoms with E-state index in [1.54, 1.807) is 4.57 Å². The molecule has 1 aliphatic carbocycles. The SMILES string of the molecule is CN(C)C(=S)C1Cc2nc(N(C)C)n(Cc3ccc(-c4ccccc4-c4nn[nH]n4)cc3)c(=O)c2C1. The second-order valence-electron chi connectivity index (χ2n) is 9.44. The molecule has 10 heteroatoms. The zero-order chi connectivity index (χ0) is 25.4. The van der Waals surface area contributed by atoms with Gasteiger partial charge in [0.25, 0.3) is 5.56 Å². The molecule has 1 aliphatic rings. The van der Waals surface area contributed by atoms with Crippen molar-refractivity contribution in [3.63, 3.8) is 0 Å². The molecule has 0 fully saturated rings. The number of hydrogen-bond donors (Lipinski definition) is 1. The van der Waals surface area contributed by atoms with Crippen LogP contribution in [0.15, 0.2) is 53.3 Å². The summed E-state index contributed by atoms with van der Waals surface area (Å²) < 4.78 is 1.77. The summed E-state index contributed by atoms with van der Waals surface area (Å²) >= 11 is 5.60. The fourth-order valence-corrected chi connectivity index (χ4v) is 4.92. The van der Waals surface area contributed by atoms with Crippen LogP contribution in [0.1, 0.15) is 16.8 Å². The number of rotatable bonds is 6. The third-order valence-electron chi connectivity index (χ3n) is 6.53. The first-order valence-electron chi connectivity index (χ1n) is 11.8. The first kappa shape index (κ1) is 23.8. The molecular formula is C26H28N8OS. The molecule has 184 valence electrons. The van der Waals surface area contributed by atoms with E-state index in [9.17, 15) is 4.79 Å². The molecule has 0 aliphatic heterocycles. The number of hydrogen-bond acceptors (Lipinski definition) is 7. The van der Waals surface area contributed by atoms with Gasteiger partial charge in [-0.3, -0.25) is 9.36 Å². The predicted octanol–water partition coefficient (Wildman–Crippen LogP) is 2.81. The first-order valence-corrected chi connectivity index (χ1v) is 12.2. The van der Waals surface area contributed by atoms with Crippen LogP contribution in [0.5, 0.6) is 0 Å². The molecule has 0 amide bonds. The Kier molecular flexibility index (Phi) is 6.36. The van der Waals surface area contributed by atoms with Crippen LogP contribution >= 0.6 is 12.2 Å². The summed E-state index contributed by atoms with van der Waals surface area (Å²) in [7, 11) is 7.73. The van der Waals surface area contributed by atoms with Gasteiger partial charge in [-0.25, -0.2) is 4.98 Å². The molecular weight excluding hydrogens is 472 g/mol. The number of fused-ring (bicyclic) bond motifs is 1. The van der Waals surface area contributed by atoms with Crippen molar-refractivity contribution in [1.82, 2.24) is 35.1 Å². The number of nitrogens with one attached hydrogen (secondary N) is 1. The topological polar surface area (TPSA) is 95.8 Å². The van der Waals surface area contributed by atoms with Crippen LogP contribution in [0.2, 0.25) is 0 Å². The monoisotopic (exact) mass is 500 g/mol. The summed E-state index contributed by atoms with van der Waals surface area (Å²) in [6.07, 6.45) is 1.34. The lowest BCUT2D eigenvalue weighted by Crippen LogP contribution is -2.31. The van der Waals surface area contributed by atoms with Crippen LogP contribution in [0, 0.1) is 5.92 Å². The Labute approximate surface area is 214 Å². The van der Waals surface area contributed by atoms with Crippen LogP contribution in [-0.4, -0.2) is 68.3 Å². The van der Waals surface area contributed by atoms with E-state index in [0.717, 1.165) is 38.5 Å². The maximum Gasteiger partial charge on any atom is 0.258 e. The second kappa shape index (κ2) is 9.62. The molecule has 0 radical (unpaired) electrons. The van der Waals surface area contributed by atoms with Crippen LogP contribution < -0.4 is 10.5 Å². The van der Waals surface area contributed by atoms with E-state index < -0.39 is 0 Å². The Balaban J connectivity index is 1.46. The Bertz CT molecular complexity index is 1460. The van der Waals surface area contributed by atoms with Crippen molar-refractivity contribution < 1.29 is 0 Å². The van der Waals surface area contributed by atoms with Crippen molar-refractivity contribution in [2.75, 3.05) is 33.1 Å². The number of aromatic nitrogens is 6. The Morgan fingerprint density at radius 1 is 1.06 bits per heavy atom. The van der Waals surface area contributed by atoms with E-state index in [1.165, 1.54) is 0 Å². The summed E-state index contributed by atoms with van der Waals surface area (Å²) in [5, 5.41) is 14.5. The summed E-state index contributed by atoms with van der Waals surface area (Å²) in [6, 6.07) is 16.2. The second-order valence-corrected chi connectivity index (χ2v) is 9.86. The lowest BCUT2D eigenvalue weighted by atomic mass is 9.98. The van der Waals surface area contributed by atoms with Crippen LogP contribution in [0.3, 0.4) is 0 Å². The molecule has 1 unspecified atom stereocenters. The van der Waals surface area contributed by atoms with Crippen molar-refractivity contribution in [3.8, 4) is 22.5 Å². The van der Waals surface area contributed by atoms with Gasteiger partial charge in [-0.2, -0.15) is 5.21 Å². The minimum absolute atomic E-state index is 0.0132. The highest BCUT2D eigenvalue weighted by atomic mass is 32.1. The predicted molar refractivity (Wildman–Crippen MR) is 144 cm³/mol. The zero-order valence-electron chi connectivity index (χ0n) is 20.8. The lowest BCUT2D eigenvalue weighted by molar-refractivity contribution is 0.567. The number of tetrazole rings is 1. The summed E-state index contributed by atoms with van der Waals surface area (Å²) in [4.78, 5) is 23.2. The highest BCUT2D eigenvalue weighted by Gasteiger charge is 2.31. The fraction of sp³-hybridized carbons (Fsp3) is 0.308. The first-order chi connectivity index (χ1) is 17.3. The van der Waals surface area contributed by atoms with Gasteiger partial charge in [0.2, 0.25) is 11.8 Å². The van der Waals surface area contributed by atoms with Crippen molar-refractivity contribution >= 4 is 23.2 Å². The van der Waals surface area contributed by atoms with Gasteiger partial charge < -0.3 is 9.80 Å². The average molecular weight is 501 g/mol. The number of anilines is 1. The molecule has 1 N–H and O–H groups in total. The molecule has 36 heavy (non-hydrogen) atoms. The average Bonchev–Trinajstić information content (AvgIpc) is 3.56. The summed E-state index contributed by atoms with van der Waals surface area (Å²) in [5.74, 6) is 1.34. The Morgan fingerprint density at radius 3 is 2.42 bits per heavy atom. The number of nitrogens with zero attached hydrogens (tertiary/aromatic N) is 7. The quantitative estimate of drug-likeness (QED) is 0.404. The third-order valence-corrected chi connectivity index (χ3v) is 7.23. The summed E-state index contributed by atoms with van der Waals surface area (Å²) in [6.45, 7) is 0.433. The van der Waals surface area contributed by atoms with Gasteiger partial charge in [0.05, 0.1) is 17.2 Å². The fourth-order valence-electron chi connectivity index (χ4n) is 4.75. The smallest absolute Gasteiger partial charge is 0.258 e. The lowest BCUT2D eigenvalue weighted by Gasteiger charge is -2.19. The normalized spacial score (nSPS) is 14.5. The van der Waals surface area contributed by atoms with E-state index >= 15 is 0 Å². The minimum Gasteiger partial charge on any atom is -0.372 e. The molecule has 1 atom stereocenters. The summed E-state index contributed by atoms with van der Waals surface area (Å²) in [5.41, 5.74) is 5.62. The van der Waals surface area contributed by atoms with Gasteiger partial charge in [-0.1, -0.05) is 60.7 Å². The molecule has 0 spiro atoms. The molecule has 2 heterocycles. The Hall–Kier alpha value is -3.92. The van der Waals surface area contributed by atoms with E-state index in [4.69, 9.17) is 17.2 Å². The van der Waals surface area contributed by atoms with Gasteiger partial charge in [0.15, 0.2) is 0 Å². The highest BCUT2D eigenvalue weighted by molar-refractivity contribution is 7.80. The minimum atomic E-state index is 0.0132.